The minimum absolute atomic E-state index is 0.171. The molecule has 3 heterocycles. The number of halogens is 2. The number of aryl methyl sites for hydroxylation is 1. The van der Waals surface area contributed by atoms with Gasteiger partial charge in [0, 0.05) is 12.6 Å². The lowest BCUT2D eigenvalue weighted by Crippen LogP contribution is -2.38. The van der Waals surface area contributed by atoms with Crippen molar-refractivity contribution in [2.24, 2.45) is 0 Å². The van der Waals surface area contributed by atoms with Gasteiger partial charge in [-0.2, -0.15) is 0 Å². The number of likely N-dealkylation sites (tertiary alicyclic amines) is 1. The summed E-state index contributed by atoms with van der Waals surface area (Å²) in [4.78, 5) is 17.3. The van der Waals surface area contributed by atoms with Gasteiger partial charge in [0.25, 0.3) is 17.5 Å². The molecule has 0 aliphatic carbocycles. The Labute approximate surface area is 118 Å². The molecule has 1 aliphatic rings. The molecule has 1 fully saturated rings. The van der Waals surface area contributed by atoms with Gasteiger partial charge in [-0.1, -0.05) is 5.16 Å². The van der Waals surface area contributed by atoms with Crippen LogP contribution >= 0.6 is 0 Å². The van der Waals surface area contributed by atoms with Crippen LogP contribution in [-0.4, -0.2) is 51.2 Å². The van der Waals surface area contributed by atoms with E-state index >= 15 is 0 Å². The lowest BCUT2D eigenvalue weighted by Gasteiger charge is -2.22. The van der Waals surface area contributed by atoms with Gasteiger partial charge >= 0.3 is 0 Å². The summed E-state index contributed by atoms with van der Waals surface area (Å²) in [5.41, 5.74) is 1.03. The number of pyridine rings is 1. The van der Waals surface area contributed by atoms with Crippen LogP contribution in [0.1, 0.15) is 22.5 Å². The molecule has 1 saturated heterocycles. The highest BCUT2D eigenvalue weighted by Crippen LogP contribution is 2.33. The van der Waals surface area contributed by atoms with Gasteiger partial charge in [0.05, 0.1) is 35.8 Å². The van der Waals surface area contributed by atoms with Crippen LogP contribution in [0.25, 0.3) is 11.1 Å². The zero-order chi connectivity index (χ0) is 15.2. The summed E-state index contributed by atoms with van der Waals surface area (Å²) < 4.78 is 31.8. The first-order chi connectivity index (χ1) is 9.91. The van der Waals surface area contributed by atoms with E-state index in [1.807, 2.05) is 0 Å². The maximum absolute atomic E-state index is 13.4. The summed E-state index contributed by atoms with van der Waals surface area (Å²) in [6.07, 6.45) is 0.734. The predicted molar refractivity (Wildman–Crippen MR) is 68.0 cm³/mol. The number of aromatic nitrogens is 2. The van der Waals surface area contributed by atoms with Crippen molar-refractivity contribution in [1.29, 1.82) is 0 Å². The number of hydrogen-bond donors (Lipinski definition) is 1. The molecule has 1 atom stereocenters. The minimum Gasteiger partial charge on any atom is -0.394 e. The minimum atomic E-state index is -2.98. The third-order valence-electron chi connectivity index (χ3n) is 3.61. The first kappa shape index (κ1) is 13.9. The fourth-order valence-corrected chi connectivity index (χ4v) is 2.53. The summed E-state index contributed by atoms with van der Waals surface area (Å²) in [7, 11) is 0. The molecule has 0 saturated carbocycles. The van der Waals surface area contributed by atoms with E-state index in [0.29, 0.717) is 11.1 Å². The molecule has 2 aromatic heterocycles. The van der Waals surface area contributed by atoms with Crippen LogP contribution < -0.4 is 0 Å². The molecule has 0 aromatic carbocycles. The van der Waals surface area contributed by atoms with E-state index in [4.69, 9.17) is 4.52 Å². The number of hydrogen-bond acceptors (Lipinski definition) is 5. The van der Waals surface area contributed by atoms with Crippen LogP contribution in [-0.2, 0) is 0 Å². The molecular weight excluding hydrogens is 284 g/mol. The van der Waals surface area contributed by atoms with Gasteiger partial charge in [0.2, 0.25) is 0 Å². The molecule has 21 heavy (non-hydrogen) atoms. The molecule has 1 N–H and O–H groups in total. The maximum Gasteiger partial charge on any atom is 0.267 e. The Bertz CT molecular complexity index is 701. The summed E-state index contributed by atoms with van der Waals surface area (Å²) in [5, 5.41) is 13.5. The fraction of sp³-hybridized carbons (Fsp3) is 0.462. The number of alkyl halides is 2. The zero-order valence-corrected chi connectivity index (χ0v) is 11.2. The second-order valence-electron chi connectivity index (χ2n) is 5.17. The van der Waals surface area contributed by atoms with Crippen molar-refractivity contribution in [2.75, 3.05) is 13.2 Å². The van der Waals surface area contributed by atoms with E-state index in [1.54, 1.807) is 6.92 Å². The average molecular weight is 297 g/mol. The molecule has 6 nitrogen and oxygen atoms in total. The highest BCUT2D eigenvalue weighted by Gasteiger charge is 2.46. The standard InChI is InChI=1S/C13H13F2N3O3/c1-7-10-2-8(4-16-11(10)21-17-7)12(20)18-6-13(14,15)3-9(18)5-19/h2,4,9,19H,3,5-6H2,1H3. The van der Waals surface area contributed by atoms with Crippen molar-refractivity contribution >= 4 is 17.0 Å². The third kappa shape index (κ3) is 2.35. The van der Waals surface area contributed by atoms with Crippen molar-refractivity contribution in [3.05, 3.63) is 23.5 Å². The molecule has 1 unspecified atom stereocenters. The van der Waals surface area contributed by atoms with E-state index in [1.165, 1.54) is 12.3 Å². The van der Waals surface area contributed by atoms with Crippen LogP contribution in [0.2, 0.25) is 0 Å². The lowest BCUT2D eigenvalue weighted by atomic mass is 10.1. The first-order valence-corrected chi connectivity index (χ1v) is 6.43. The Morgan fingerprint density at radius 3 is 3.10 bits per heavy atom. The maximum atomic E-state index is 13.4. The molecule has 0 spiro atoms. The van der Waals surface area contributed by atoms with Crippen LogP contribution in [0.4, 0.5) is 8.78 Å². The number of rotatable bonds is 2. The molecular formula is C13H13F2N3O3. The van der Waals surface area contributed by atoms with Gasteiger partial charge in [0.1, 0.15) is 0 Å². The van der Waals surface area contributed by atoms with Gasteiger partial charge in [0.15, 0.2) is 0 Å². The van der Waals surface area contributed by atoms with Crippen molar-refractivity contribution in [3.63, 3.8) is 0 Å². The van der Waals surface area contributed by atoms with E-state index in [-0.39, 0.29) is 11.3 Å². The Morgan fingerprint density at radius 2 is 2.38 bits per heavy atom. The second kappa shape index (κ2) is 4.73. The lowest BCUT2D eigenvalue weighted by molar-refractivity contribution is 0.0116. The van der Waals surface area contributed by atoms with E-state index < -0.39 is 37.4 Å². The highest BCUT2D eigenvalue weighted by molar-refractivity contribution is 5.97. The highest BCUT2D eigenvalue weighted by atomic mass is 19.3. The molecule has 0 radical (unpaired) electrons. The third-order valence-corrected chi connectivity index (χ3v) is 3.61. The second-order valence-corrected chi connectivity index (χ2v) is 5.17. The van der Waals surface area contributed by atoms with Gasteiger partial charge in [-0.3, -0.25) is 4.79 Å². The topological polar surface area (TPSA) is 79.5 Å². The molecule has 0 bridgehead atoms. The average Bonchev–Trinajstić information content (AvgIpc) is 2.98. The SMILES string of the molecule is Cc1noc2ncc(C(=O)N3CC(F)(F)CC3CO)cc12. The van der Waals surface area contributed by atoms with Crippen LogP contribution in [0.15, 0.2) is 16.8 Å². The number of nitrogens with zero attached hydrogens (tertiary/aromatic N) is 3. The van der Waals surface area contributed by atoms with Crippen molar-refractivity contribution in [2.45, 2.75) is 25.3 Å². The van der Waals surface area contributed by atoms with Crippen LogP contribution in [0.3, 0.4) is 0 Å². The van der Waals surface area contributed by atoms with E-state index in [9.17, 15) is 18.7 Å². The molecule has 8 heteroatoms. The van der Waals surface area contributed by atoms with E-state index in [0.717, 1.165) is 4.90 Å². The fourth-order valence-electron chi connectivity index (χ4n) is 2.53. The van der Waals surface area contributed by atoms with Crippen LogP contribution in [0.5, 0.6) is 0 Å². The molecule has 2 aromatic rings. The predicted octanol–water partition coefficient (Wildman–Crippen LogP) is 1.37. The first-order valence-electron chi connectivity index (χ1n) is 6.43. The summed E-state index contributed by atoms with van der Waals surface area (Å²) in [6.45, 7) is 0.503. The van der Waals surface area contributed by atoms with E-state index in [2.05, 4.69) is 10.1 Å². The molecule has 1 aliphatic heterocycles. The number of carbonyl (C=O) groups excluding carboxylic acids is 1. The van der Waals surface area contributed by atoms with Crippen LogP contribution in [0, 0.1) is 6.92 Å². The Morgan fingerprint density at radius 1 is 1.62 bits per heavy atom. The molecule has 1 amide bonds. The number of fused-ring (bicyclic) bond motifs is 1. The number of aliphatic hydroxyl groups is 1. The number of aliphatic hydroxyl groups excluding tert-OH is 1. The van der Waals surface area contributed by atoms with Crippen molar-refractivity contribution in [1.82, 2.24) is 15.0 Å². The molecule has 112 valence electrons. The quantitative estimate of drug-likeness (QED) is 0.905. The Hall–Kier alpha value is -2.09. The summed E-state index contributed by atoms with van der Waals surface area (Å²) in [6, 6.07) is 0.633. The largest absolute Gasteiger partial charge is 0.394 e. The molecule has 3 rings (SSSR count). The normalized spacial score (nSPS) is 21.1. The monoisotopic (exact) mass is 297 g/mol. The van der Waals surface area contributed by atoms with Gasteiger partial charge in [-0.05, 0) is 13.0 Å². The Kier molecular flexibility index (Phi) is 3.12. The van der Waals surface area contributed by atoms with Gasteiger partial charge in [-0.25, -0.2) is 13.8 Å². The summed E-state index contributed by atoms with van der Waals surface area (Å²) in [5.74, 6) is -3.56. The van der Waals surface area contributed by atoms with Crippen molar-refractivity contribution in [3.8, 4) is 0 Å². The van der Waals surface area contributed by atoms with Crippen molar-refractivity contribution < 1.29 is 23.2 Å². The van der Waals surface area contributed by atoms with Gasteiger partial charge < -0.3 is 14.5 Å². The number of amides is 1. The van der Waals surface area contributed by atoms with Gasteiger partial charge in [-0.15, -0.1) is 0 Å². The zero-order valence-electron chi connectivity index (χ0n) is 11.2. The Balaban J connectivity index is 1.94. The smallest absolute Gasteiger partial charge is 0.267 e. The number of carbonyl (C=O) groups is 1. The summed E-state index contributed by atoms with van der Waals surface area (Å²) >= 11 is 0.